The highest BCUT2D eigenvalue weighted by Crippen LogP contribution is 2.23. The first-order valence-corrected chi connectivity index (χ1v) is 5.05. The summed E-state index contributed by atoms with van der Waals surface area (Å²) in [6, 6.07) is 3.93. The van der Waals surface area contributed by atoms with Crippen molar-refractivity contribution in [1.82, 2.24) is 4.98 Å². The van der Waals surface area contributed by atoms with E-state index in [1.54, 1.807) is 6.20 Å². The molecule has 0 aliphatic carbocycles. The molecule has 0 aliphatic rings. The van der Waals surface area contributed by atoms with Crippen molar-refractivity contribution in [3.63, 3.8) is 0 Å². The molecule has 0 unspecified atom stereocenters. The van der Waals surface area contributed by atoms with Crippen molar-refractivity contribution < 1.29 is 0 Å². The molecule has 0 spiro atoms. The molecule has 0 N–H and O–H groups in total. The monoisotopic (exact) mass is 186 g/mol. The minimum absolute atomic E-state index is 0.962. The van der Waals surface area contributed by atoms with Gasteiger partial charge in [0, 0.05) is 25.2 Å². The fourth-order valence-corrected chi connectivity index (χ4v) is 1.32. The van der Waals surface area contributed by atoms with Crippen LogP contribution in [0.15, 0.2) is 23.2 Å². The quantitative estimate of drug-likeness (QED) is 0.562. The Morgan fingerprint density at radius 3 is 2.82 bits per heavy atom. The minimum atomic E-state index is 0.962. The van der Waals surface area contributed by atoms with E-state index in [9.17, 15) is 0 Å². The Hall–Kier alpha value is -0.350. The van der Waals surface area contributed by atoms with Gasteiger partial charge in [-0.1, -0.05) is 10.8 Å². The maximum Gasteiger partial charge on any atom is 0.129 e. The largest absolute Gasteiger partial charge is 0.363 e. The van der Waals surface area contributed by atoms with E-state index < -0.39 is 0 Å². The molecule has 4 heteroatoms. The van der Waals surface area contributed by atoms with Crippen molar-refractivity contribution in [2.24, 2.45) is 0 Å². The van der Waals surface area contributed by atoms with Gasteiger partial charge in [-0.2, -0.15) is 0 Å². The average Bonchev–Trinajstić information content (AvgIpc) is 2.05. The smallest absolute Gasteiger partial charge is 0.129 e. The van der Waals surface area contributed by atoms with E-state index in [1.165, 1.54) is 10.8 Å². The third-order valence-electron chi connectivity index (χ3n) is 1.28. The molecule has 1 aromatic rings. The van der Waals surface area contributed by atoms with Crippen LogP contribution in [0.4, 0.5) is 5.82 Å². The van der Waals surface area contributed by atoms with Gasteiger partial charge >= 0.3 is 0 Å². The Morgan fingerprint density at radius 2 is 2.27 bits per heavy atom. The summed E-state index contributed by atoms with van der Waals surface area (Å²) < 4.78 is 0. The van der Waals surface area contributed by atoms with Crippen LogP contribution in [-0.4, -0.2) is 19.1 Å². The summed E-state index contributed by atoms with van der Waals surface area (Å²) >= 11 is 4.10. The highest BCUT2D eigenvalue weighted by atomic mass is 33.1. The number of hydrogen-bond donors (Lipinski definition) is 1. The van der Waals surface area contributed by atoms with Gasteiger partial charge in [0.1, 0.15) is 5.82 Å². The first-order valence-electron chi connectivity index (χ1n) is 3.19. The standard InChI is InChI=1S/C7H10N2S2/c1-9(2)7-5-6(11-10)3-4-8-7/h3-5,10H,1-2H3. The van der Waals surface area contributed by atoms with Crippen molar-refractivity contribution >= 4 is 28.3 Å². The number of pyridine rings is 1. The Bertz CT molecular complexity index is 238. The van der Waals surface area contributed by atoms with E-state index in [2.05, 4.69) is 16.6 Å². The lowest BCUT2D eigenvalue weighted by molar-refractivity contribution is 1.06. The third-order valence-corrected chi connectivity index (χ3v) is 2.38. The Morgan fingerprint density at radius 1 is 1.55 bits per heavy atom. The van der Waals surface area contributed by atoms with E-state index in [1.807, 2.05) is 31.1 Å². The maximum atomic E-state index is 4.17. The summed E-state index contributed by atoms with van der Waals surface area (Å²) in [5.74, 6) is 0.962. The molecule has 0 aliphatic heterocycles. The summed E-state index contributed by atoms with van der Waals surface area (Å²) in [6.07, 6.45) is 1.79. The van der Waals surface area contributed by atoms with Crippen LogP contribution in [0.5, 0.6) is 0 Å². The van der Waals surface area contributed by atoms with Crippen LogP contribution in [0, 0.1) is 0 Å². The van der Waals surface area contributed by atoms with Crippen LogP contribution in [0.1, 0.15) is 0 Å². The predicted octanol–water partition coefficient (Wildman–Crippen LogP) is 2.08. The van der Waals surface area contributed by atoms with E-state index in [4.69, 9.17) is 0 Å². The lowest BCUT2D eigenvalue weighted by Gasteiger charge is -2.10. The molecule has 60 valence electrons. The summed E-state index contributed by atoms with van der Waals surface area (Å²) in [6.45, 7) is 0. The van der Waals surface area contributed by atoms with Crippen molar-refractivity contribution in [1.29, 1.82) is 0 Å². The average molecular weight is 186 g/mol. The number of anilines is 1. The fourth-order valence-electron chi connectivity index (χ4n) is 0.701. The van der Waals surface area contributed by atoms with Crippen LogP contribution in [0.2, 0.25) is 0 Å². The summed E-state index contributed by atoms with van der Waals surface area (Å²) in [7, 11) is 5.36. The number of nitrogens with zero attached hydrogens (tertiary/aromatic N) is 2. The highest BCUT2D eigenvalue weighted by molar-refractivity contribution is 8.68. The van der Waals surface area contributed by atoms with Crippen LogP contribution >= 0.6 is 22.5 Å². The van der Waals surface area contributed by atoms with Gasteiger partial charge in [-0.25, -0.2) is 4.98 Å². The van der Waals surface area contributed by atoms with Gasteiger partial charge in [-0.15, -0.1) is 11.7 Å². The molecule has 1 aromatic heterocycles. The number of hydrogen-bond acceptors (Lipinski definition) is 4. The summed E-state index contributed by atoms with van der Waals surface area (Å²) in [5.41, 5.74) is 0. The van der Waals surface area contributed by atoms with Crippen molar-refractivity contribution in [3.05, 3.63) is 18.3 Å². The molecule has 0 aromatic carbocycles. The van der Waals surface area contributed by atoms with Crippen molar-refractivity contribution in [3.8, 4) is 0 Å². The van der Waals surface area contributed by atoms with Gasteiger partial charge in [-0.05, 0) is 12.1 Å². The Balaban J connectivity index is 2.91. The Kier molecular flexibility index (Phi) is 3.08. The number of aromatic nitrogens is 1. The predicted molar refractivity (Wildman–Crippen MR) is 53.4 cm³/mol. The van der Waals surface area contributed by atoms with Gasteiger partial charge < -0.3 is 4.90 Å². The van der Waals surface area contributed by atoms with Crippen molar-refractivity contribution in [2.45, 2.75) is 4.90 Å². The zero-order valence-electron chi connectivity index (χ0n) is 6.48. The molecule has 0 bridgehead atoms. The first kappa shape index (κ1) is 8.74. The lowest BCUT2D eigenvalue weighted by Crippen LogP contribution is -2.09. The van der Waals surface area contributed by atoms with Gasteiger partial charge in [-0.3, -0.25) is 0 Å². The molecule has 0 fully saturated rings. The number of rotatable bonds is 2. The molecule has 1 rings (SSSR count). The number of thiol groups is 1. The van der Waals surface area contributed by atoms with Crippen molar-refractivity contribution in [2.75, 3.05) is 19.0 Å². The molecule has 0 saturated carbocycles. The zero-order chi connectivity index (χ0) is 8.27. The Labute approximate surface area is 75.8 Å². The summed E-state index contributed by atoms with van der Waals surface area (Å²) in [5, 5.41) is 0. The second kappa shape index (κ2) is 3.88. The van der Waals surface area contributed by atoms with Crippen LogP contribution < -0.4 is 4.90 Å². The molecular weight excluding hydrogens is 176 g/mol. The second-order valence-corrected chi connectivity index (χ2v) is 3.54. The van der Waals surface area contributed by atoms with E-state index >= 15 is 0 Å². The van der Waals surface area contributed by atoms with Gasteiger partial charge in [0.05, 0.1) is 0 Å². The molecule has 0 amide bonds. The molecule has 0 radical (unpaired) electrons. The van der Waals surface area contributed by atoms with Gasteiger partial charge in [0.25, 0.3) is 0 Å². The maximum absolute atomic E-state index is 4.17. The topological polar surface area (TPSA) is 16.1 Å². The molecular formula is C7H10N2S2. The SMILES string of the molecule is CN(C)c1cc(SS)ccn1. The lowest BCUT2D eigenvalue weighted by atomic mass is 10.4. The second-order valence-electron chi connectivity index (χ2n) is 2.34. The van der Waals surface area contributed by atoms with Crippen LogP contribution in [0.25, 0.3) is 0 Å². The zero-order valence-corrected chi connectivity index (χ0v) is 8.19. The van der Waals surface area contributed by atoms with E-state index in [0.29, 0.717) is 0 Å². The van der Waals surface area contributed by atoms with E-state index in [0.717, 1.165) is 10.7 Å². The van der Waals surface area contributed by atoms with Crippen LogP contribution in [-0.2, 0) is 0 Å². The normalized spacial score (nSPS) is 9.73. The minimum Gasteiger partial charge on any atom is -0.363 e. The van der Waals surface area contributed by atoms with Crippen LogP contribution in [0.3, 0.4) is 0 Å². The molecule has 2 nitrogen and oxygen atoms in total. The highest BCUT2D eigenvalue weighted by Gasteiger charge is 1.96. The van der Waals surface area contributed by atoms with E-state index in [-0.39, 0.29) is 0 Å². The molecule has 0 saturated heterocycles. The van der Waals surface area contributed by atoms with Gasteiger partial charge in [0.2, 0.25) is 0 Å². The summed E-state index contributed by atoms with van der Waals surface area (Å²) in [4.78, 5) is 7.25. The molecule has 0 atom stereocenters. The van der Waals surface area contributed by atoms with Gasteiger partial charge in [0.15, 0.2) is 0 Å². The molecule has 1 heterocycles. The third kappa shape index (κ3) is 2.31. The molecule has 11 heavy (non-hydrogen) atoms. The fraction of sp³-hybridized carbons (Fsp3) is 0.286. The first-order chi connectivity index (χ1) is 5.24.